The van der Waals surface area contributed by atoms with Crippen LogP contribution in [0.4, 0.5) is 5.69 Å². The summed E-state index contributed by atoms with van der Waals surface area (Å²) in [5.74, 6) is -1.49. The Kier molecular flexibility index (Phi) is 6.66. The number of carbonyl (C=O) groups excluding carboxylic acids is 3. The van der Waals surface area contributed by atoms with Crippen LogP contribution in [0.2, 0.25) is 0 Å². The van der Waals surface area contributed by atoms with Crippen molar-refractivity contribution in [2.24, 2.45) is 27.8 Å². The minimum absolute atomic E-state index is 0.0724. The van der Waals surface area contributed by atoms with Crippen molar-refractivity contribution < 1.29 is 39.2 Å². The summed E-state index contributed by atoms with van der Waals surface area (Å²) in [5, 5.41) is 53.4. The van der Waals surface area contributed by atoms with Crippen LogP contribution in [0.15, 0.2) is 73.8 Å². The van der Waals surface area contributed by atoms with Gasteiger partial charge >= 0.3 is 5.91 Å². The Morgan fingerprint density at radius 2 is 1.78 bits per heavy atom. The molecule has 0 saturated heterocycles. The van der Waals surface area contributed by atoms with Gasteiger partial charge in [0.15, 0.2) is 5.78 Å². The Bertz CT molecular complexity index is 1890. The van der Waals surface area contributed by atoms with Crippen LogP contribution >= 0.6 is 0 Å². The summed E-state index contributed by atoms with van der Waals surface area (Å²) >= 11 is 0. The predicted molar refractivity (Wildman–Crippen MR) is 161 cm³/mol. The predicted octanol–water partition coefficient (Wildman–Crippen LogP) is 2.05. The van der Waals surface area contributed by atoms with Crippen molar-refractivity contribution in [1.29, 1.82) is 0 Å². The molecule has 4 atom stereocenters. The van der Waals surface area contributed by atoms with Gasteiger partial charge in [-0.1, -0.05) is 28.5 Å². The highest BCUT2D eigenvalue weighted by Crippen LogP contribution is 2.55. The van der Waals surface area contributed by atoms with Crippen LogP contribution in [0, 0.1) is 5.92 Å². The van der Waals surface area contributed by atoms with Gasteiger partial charge in [-0.2, -0.15) is 0 Å². The summed E-state index contributed by atoms with van der Waals surface area (Å²) in [6, 6.07) is 9.30. The molecule has 234 valence electrons. The number of aromatic hydroxyl groups is 1. The number of hydrogen-bond acceptors (Lipinski definition) is 12. The average Bonchev–Trinajstić information content (AvgIpc) is 3.39. The number of fused-ring (bicyclic) bond motifs is 4. The Hall–Kier alpha value is -5.05. The molecule has 3 aliphatic rings. The molecule has 3 aliphatic carbocycles. The van der Waals surface area contributed by atoms with E-state index in [1.165, 1.54) is 19.0 Å². The molecule has 2 aromatic carbocycles. The van der Waals surface area contributed by atoms with Crippen molar-refractivity contribution in [2.45, 2.75) is 30.0 Å². The first-order valence-corrected chi connectivity index (χ1v) is 14.0. The maximum atomic E-state index is 14.4. The Balaban J connectivity index is 1.59. The van der Waals surface area contributed by atoms with E-state index in [1.54, 1.807) is 43.3 Å². The number of aliphatic hydroxyl groups excluding tert-OH is 2. The Morgan fingerprint density at radius 1 is 1.09 bits per heavy atom. The van der Waals surface area contributed by atoms with Gasteiger partial charge in [0, 0.05) is 30.7 Å². The standard InChI is InChI=1S/C31H32N6O8/c1-36(2)17-11-16(19-10-13-7-5-6-8-18(13)45-19)23(38)21-15(17)9-14-12-30(32)26(37(3)4)25(40)22(29(43)34-35-33)28(42)31(30,44)27(41)20(14)24(21)39/h5-8,10-11,14,26,38,40-41,44H,9,12,32H2,1-4H3,(H2,33,34,43)/t14-,26+,30+,31-/m0/s1. The van der Waals surface area contributed by atoms with Gasteiger partial charge < -0.3 is 41.3 Å². The molecule has 45 heavy (non-hydrogen) atoms. The monoisotopic (exact) mass is 616 g/mol. The third-order valence-electron chi connectivity index (χ3n) is 9.18. The highest BCUT2D eigenvalue weighted by molar-refractivity contribution is 6.26. The van der Waals surface area contributed by atoms with Gasteiger partial charge in [0.05, 0.1) is 22.7 Å². The van der Waals surface area contributed by atoms with Crippen molar-refractivity contribution in [3.8, 4) is 17.1 Å². The van der Waals surface area contributed by atoms with Crippen molar-refractivity contribution in [3.05, 3.63) is 70.2 Å². The summed E-state index contributed by atoms with van der Waals surface area (Å²) in [6.07, 6.45) is -0.200. The van der Waals surface area contributed by atoms with Gasteiger partial charge in [-0.05, 0) is 56.6 Å². The molecule has 6 rings (SSSR count). The number of Topliss-reactive ketones (excluding diaryl/α,β-unsaturated/α-hetero) is 2. The zero-order valence-corrected chi connectivity index (χ0v) is 24.9. The maximum Gasteiger partial charge on any atom is 0.304 e. The third kappa shape index (κ3) is 3.89. The summed E-state index contributed by atoms with van der Waals surface area (Å²) in [4.78, 5) is 44.1. The second-order valence-electron chi connectivity index (χ2n) is 12.1. The number of ketones is 2. The summed E-state index contributed by atoms with van der Waals surface area (Å²) in [5.41, 5.74) is 2.03. The number of phenols is 1. The molecule has 0 fully saturated rings. The molecule has 8 N–H and O–H groups in total. The van der Waals surface area contributed by atoms with Gasteiger partial charge in [0.25, 0.3) is 0 Å². The normalized spacial score (nSPS) is 26.5. The van der Waals surface area contributed by atoms with E-state index >= 15 is 0 Å². The molecule has 3 aromatic rings. The second-order valence-corrected chi connectivity index (χ2v) is 12.1. The second kappa shape index (κ2) is 9.99. The number of benzene rings is 2. The first-order chi connectivity index (χ1) is 21.2. The summed E-state index contributed by atoms with van der Waals surface area (Å²) in [7, 11) is 6.54. The van der Waals surface area contributed by atoms with Crippen LogP contribution in [0.5, 0.6) is 5.75 Å². The highest BCUT2D eigenvalue weighted by Gasteiger charge is 2.70. The third-order valence-corrected chi connectivity index (χ3v) is 9.18. The summed E-state index contributed by atoms with van der Waals surface area (Å²) < 4.78 is 5.99. The number of allylic oxidation sites excluding steroid dienone is 1. The molecule has 14 nitrogen and oxygen atoms in total. The van der Waals surface area contributed by atoms with Crippen molar-refractivity contribution >= 4 is 34.1 Å². The molecular weight excluding hydrogens is 584 g/mol. The lowest BCUT2D eigenvalue weighted by Gasteiger charge is -2.56. The van der Waals surface area contributed by atoms with Crippen LogP contribution in [0.3, 0.4) is 0 Å². The smallest absolute Gasteiger partial charge is 0.304 e. The van der Waals surface area contributed by atoms with Crippen LogP contribution in [-0.2, 0) is 16.0 Å². The number of para-hydroxylation sites is 1. The number of nitrogens with zero attached hydrogens (tertiary/aromatic N) is 4. The zero-order chi connectivity index (χ0) is 32.7. The molecular formula is C31H32N6O8. The topological polar surface area (TPSA) is 229 Å². The number of nitrogens with two attached hydrogens (primary N) is 2. The van der Waals surface area contributed by atoms with E-state index in [0.29, 0.717) is 22.6 Å². The Labute approximate surface area is 256 Å². The first-order valence-electron chi connectivity index (χ1n) is 14.0. The number of rotatable bonds is 4. The van der Waals surface area contributed by atoms with Crippen LogP contribution in [-0.4, -0.2) is 88.2 Å². The molecule has 0 unspecified atom stereocenters. The minimum Gasteiger partial charge on any atom is -0.510 e. The van der Waals surface area contributed by atoms with Crippen LogP contribution in [0.25, 0.3) is 22.3 Å². The van der Waals surface area contributed by atoms with E-state index in [1.807, 2.05) is 12.1 Å². The van der Waals surface area contributed by atoms with Crippen molar-refractivity contribution in [1.82, 2.24) is 4.90 Å². The average molecular weight is 617 g/mol. The quantitative estimate of drug-likeness (QED) is 0.107. The molecule has 1 amide bonds. The molecule has 0 bridgehead atoms. The highest BCUT2D eigenvalue weighted by atomic mass is 16.4. The zero-order valence-electron chi connectivity index (χ0n) is 24.9. The van der Waals surface area contributed by atoms with E-state index in [4.69, 9.17) is 16.0 Å². The lowest BCUT2D eigenvalue weighted by molar-refractivity contribution is -0.152. The number of anilines is 1. The Morgan fingerprint density at radius 3 is 2.40 bits per heavy atom. The maximum absolute atomic E-state index is 14.4. The fraction of sp³-hybridized carbons (Fsp3) is 0.323. The van der Waals surface area contributed by atoms with Crippen molar-refractivity contribution in [2.75, 3.05) is 33.1 Å². The van der Waals surface area contributed by atoms with Gasteiger partial charge in [0.1, 0.15) is 34.2 Å². The fourth-order valence-corrected chi connectivity index (χ4v) is 7.29. The lowest BCUT2D eigenvalue weighted by Crippen LogP contribution is -2.78. The largest absolute Gasteiger partial charge is 0.510 e. The van der Waals surface area contributed by atoms with Gasteiger partial charge in [-0.3, -0.25) is 19.3 Å². The van der Waals surface area contributed by atoms with E-state index in [9.17, 15) is 34.8 Å². The fourth-order valence-electron chi connectivity index (χ4n) is 7.29. The number of likely N-dealkylation sites (N-methyl/N-ethyl adjacent to an activating group) is 1. The molecule has 0 saturated carbocycles. The van der Waals surface area contributed by atoms with E-state index in [2.05, 4.69) is 10.3 Å². The molecule has 14 heteroatoms. The van der Waals surface area contributed by atoms with Gasteiger partial charge in [0.2, 0.25) is 11.4 Å². The van der Waals surface area contributed by atoms with Crippen LogP contribution < -0.4 is 16.5 Å². The molecule has 0 radical (unpaired) electrons. The summed E-state index contributed by atoms with van der Waals surface area (Å²) in [6.45, 7) is 0. The molecule has 0 aliphatic heterocycles. The van der Waals surface area contributed by atoms with Gasteiger partial charge in [-0.25, -0.2) is 0 Å². The molecule has 0 spiro atoms. The number of phenolic OH excluding ortho intramolecular Hbond substituents is 1. The number of aliphatic hydroxyl groups is 3. The SMILES string of the molecule is CN(C)c1cc(-c2cc3ccccc3o2)c(O)c2c1C[C@H]1C[C@@]3(N)[C@H](N(C)C)C(O)=C(C(=O)N=NN)C(=O)[C@@]3(O)C(O)=C1C2=O. The number of hydrogen-bond donors (Lipinski definition) is 6. The van der Waals surface area contributed by atoms with E-state index < -0.39 is 63.4 Å². The lowest BCUT2D eigenvalue weighted by atomic mass is 9.54. The molecule has 1 heterocycles. The van der Waals surface area contributed by atoms with E-state index in [0.717, 1.165) is 5.39 Å². The number of carbonyl (C=O) groups is 3. The van der Waals surface area contributed by atoms with E-state index in [-0.39, 0.29) is 29.5 Å². The minimum atomic E-state index is -3.04. The first kappa shape index (κ1) is 30.0. The number of amides is 1. The van der Waals surface area contributed by atoms with Crippen LogP contribution in [0.1, 0.15) is 22.3 Å². The van der Waals surface area contributed by atoms with Gasteiger partial charge in [-0.15, -0.1) is 0 Å². The molecule has 1 aromatic heterocycles. The number of furan rings is 1. The van der Waals surface area contributed by atoms with Crippen molar-refractivity contribution in [3.63, 3.8) is 0 Å².